The topological polar surface area (TPSA) is 94.7 Å². The molecule has 1 aliphatic rings. The Labute approximate surface area is 170 Å². The third-order valence-corrected chi connectivity index (χ3v) is 6.43. The van der Waals surface area contributed by atoms with Crippen LogP contribution in [0, 0.1) is 3.95 Å². The van der Waals surface area contributed by atoms with Gasteiger partial charge in [0.05, 0.1) is 22.9 Å². The van der Waals surface area contributed by atoms with Crippen LogP contribution in [0.5, 0.6) is 5.88 Å². The Morgan fingerprint density at radius 2 is 2.27 bits per heavy atom. The summed E-state index contributed by atoms with van der Waals surface area (Å²) in [5, 5.41) is 23.3. The van der Waals surface area contributed by atoms with Crippen LogP contribution in [-0.2, 0) is 9.59 Å². The molecule has 26 heavy (non-hydrogen) atoms. The number of benzene rings is 1. The van der Waals surface area contributed by atoms with Crippen molar-refractivity contribution in [1.82, 2.24) is 4.57 Å². The number of hydrogen-bond donors (Lipinski definition) is 1. The van der Waals surface area contributed by atoms with Gasteiger partial charge in [0, 0.05) is 9.69 Å². The highest BCUT2D eigenvalue weighted by Crippen LogP contribution is 2.36. The second-order valence-corrected chi connectivity index (χ2v) is 9.01. The third-order valence-electron chi connectivity index (χ3n) is 3.89. The summed E-state index contributed by atoms with van der Waals surface area (Å²) in [5.41, 5.74) is 0.218. The number of aliphatic carboxylic acids is 1. The molecule has 1 aliphatic heterocycles. The lowest BCUT2D eigenvalue weighted by Crippen LogP contribution is -2.33. The zero-order chi connectivity index (χ0) is 19.0. The molecule has 1 unspecified atom stereocenters. The van der Waals surface area contributed by atoms with Crippen LogP contribution in [0.3, 0.4) is 0 Å². The molecule has 0 spiro atoms. The Kier molecular flexibility index (Phi) is 5.66. The maximum atomic E-state index is 12.4. The number of hydrogen-bond acceptors (Lipinski definition) is 7. The molecular weight excluding hydrogens is 460 g/mol. The number of nitrogens with zero attached hydrogens (tertiary/aromatic N) is 2. The predicted octanol–water partition coefficient (Wildman–Crippen LogP) is 1.15. The molecule has 2 heterocycles. The van der Waals surface area contributed by atoms with Crippen molar-refractivity contribution in [3.05, 3.63) is 42.1 Å². The van der Waals surface area contributed by atoms with Crippen LogP contribution in [0.1, 0.15) is 17.3 Å². The number of aromatic hydroxyl groups is 1. The Morgan fingerprint density at radius 3 is 2.92 bits per heavy atom. The van der Waals surface area contributed by atoms with Crippen molar-refractivity contribution >= 4 is 68.7 Å². The van der Waals surface area contributed by atoms with Crippen LogP contribution in [0.2, 0.25) is 0 Å². The molecule has 0 aliphatic carbocycles. The van der Waals surface area contributed by atoms with Gasteiger partial charge in [-0.15, -0.1) is 11.3 Å². The van der Waals surface area contributed by atoms with Gasteiger partial charge < -0.3 is 15.0 Å². The molecule has 3 rings (SSSR count). The van der Waals surface area contributed by atoms with Crippen LogP contribution in [0.15, 0.2) is 27.7 Å². The lowest BCUT2D eigenvalue weighted by Gasteiger charge is -2.20. The summed E-state index contributed by atoms with van der Waals surface area (Å²) in [5.74, 6) is -1.61. The lowest BCUT2D eigenvalue weighted by molar-refractivity contribution is -0.310. The molecule has 0 fully saturated rings. The van der Waals surface area contributed by atoms with Gasteiger partial charge in [0.2, 0.25) is 5.88 Å². The van der Waals surface area contributed by atoms with Gasteiger partial charge in [-0.1, -0.05) is 15.9 Å². The number of aromatic nitrogens is 1. The minimum Gasteiger partial charge on any atom is -0.548 e. The maximum Gasteiger partial charge on any atom is 0.279 e. The summed E-state index contributed by atoms with van der Waals surface area (Å²) >= 11 is 11.1. The SMILES string of the molecule is CSCCC(C(=O)[O-])n1c(O)c(C2=c3cc(Br)ccc3=NC2=O)sc1=S. The van der Waals surface area contributed by atoms with Gasteiger partial charge >= 0.3 is 0 Å². The lowest BCUT2D eigenvalue weighted by atomic mass is 10.1. The van der Waals surface area contributed by atoms with Crippen molar-refractivity contribution in [1.29, 1.82) is 0 Å². The summed E-state index contributed by atoms with van der Waals surface area (Å²) in [4.78, 5) is 28.2. The molecule has 1 amide bonds. The highest BCUT2D eigenvalue weighted by atomic mass is 79.9. The summed E-state index contributed by atoms with van der Waals surface area (Å²) in [6, 6.07) is 4.09. The van der Waals surface area contributed by atoms with Gasteiger partial charge in [-0.2, -0.15) is 11.8 Å². The summed E-state index contributed by atoms with van der Waals surface area (Å²) in [6.07, 6.45) is 2.10. The molecule has 2 aromatic rings. The highest BCUT2D eigenvalue weighted by Gasteiger charge is 2.28. The molecule has 10 heteroatoms. The maximum absolute atomic E-state index is 12.4. The fourth-order valence-electron chi connectivity index (χ4n) is 2.70. The van der Waals surface area contributed by atoms with E-state index >= 15 is 0 Å². The van der Waals surface area contributed by atoms with E-state index in [4.69, 9.17) is 12.2 Å². The number of thiazole rings is 1. The number of halogens is 1. The first-order chi connectivity index (χ1) is 12.3. The van der Waals surface area contributed by atoms with Crippen molar-refractivity contribution in [2.24, 2.45) is 4.99 Å². The van der Waals surface area contributed by atoms with Crippen LogP contribution < -0.4 is 15.7 Å². The van der Waals surface area contributed by atoms with E-state index in [1.54, 1.807) is 18.2 Å². The molecule has 0 bridgehead atoms. The average Bonchev–Trinajstić information content (AvgIpc) is 3.04. The number of fused-ring (bicyclic) bond motifs is 1. The molecule has 0 saturated heterocycles. The third kappa shape index (κ3) is 3.38. The second-order valence-electron chi connectivity index (χ2n) is 5.46. The normalized spacial score (nSPS) is 14.2. The van der Waals surface area contributed by atoms with E-state index in [1.165, 1.54) is 11.8 Å². The van der Waals surface area contributed by atoms with Gasteiger partial charge in [-0.3, -0.25) is 9.36 Å². The van der Waals surface area contributed by atoms with Crippen molar-refractivity contribution in [3.63, 3.8) is 0 Å². The summed E-state index contributed by atoms with van der Waals surface area (Å²) in [6.45, 7) is 0. The zero-order valence-corrected chi connectivity index (χ0v) is 17.4. The van der Waals surface area contributed by atoms with E-state index in [-0.39, 0.29) is 26.7 Å². The largest absolute Gasteiger partial charge is 0.548 e. The van der Waals surface area contributed by atoms with Gasteiger partial charge in [0.25, 0.3) is 5.91 Å². The summed E-state index contributed by atoms with van der Waals surface area (Å²) < 4.78 is 2.07. The summed E-state index contributed by atoms with van der Waals surface area (Å²) in [7, 11) is 0. The van der Waals surface area contributed by atoms with E-state index in [2.05, 4.69) is 20.9 Å². The van der Waals surface area contributed by atoms with Gasteiger partial charge in [-0.25, -0.2) is 4.99 Å². The first-order valence-corrected chi connectivity index (χ1v) is 10.8. The van der Waals surface area contributed by atoms with Crippen molar-refractivity contribution in [2.75, 3.05) is 12.0 Å². The second kappa shape index (κ2) is 7.63. The number of carbonyl (C=O) groups is 2. The Morgan fingerprint density at radius 1 is 1.54 bits per heavy atom. The Hall–Kier alpha value is -1.49. The molecule has 1 atom stereocenters. The minimum absolute atomic E-state index is 0.163. The van der Waals surface area contributed by atoms with Gasteiger partial charge in [0.1, 0.15) is 4.88 Å². The van der Waals surface area contributed by atoms with Crippen molar-refractivity contribution < 1.29 is 19.8 Å². The zero-order valence-electron chi connectivity index (χ0n) is 13.4. The molecule has 1 aromatic heterocycles. The average molecular weight is 472 g/mol. The monoisotopic (exact) mass is 471 g/mol. The quantitative estimate of drug-likeness (QED) is 0.634. The fourth-order valence-corrected chi connectivity index (χ4v) is 4.96. The van der Waals surface area contributed by atoms with Crippen molar-refractivity contribution in [3.8, 4) is 5.88 Å². The van der Waals surface area contributed by atoms with E-state index in [1.807, 2.05) is 6.26 Å². The van der Waals surface area contributed by atoms with Crippen molar-refractivity contribution in [2.45, 2.75) is 12.5 Å². The van der Waals surface area contributed by atoms with E-state index in [9.17, 15) is 19.8 Å². The fraction of sp³-hybridized carbons (Fsp3) is 0.250. The van der Waals surface area contributed by atoms with E-state index < -0.39 is 17.9 Å². The number of amides is 1. The number of thioether (sulfide) groups is 1. The molecule has 1 aromatic carbocycles. The van der Waals surface area contributed by atoms with Gasteiger partial charge in [0.15, 0.2) is 3.95 Å². The molecular formula is C16H12BrN2O4S3-. The molecule has 136 valence electrons. The number of carboxylic acid groups (broad SMARTS) is 1. The van der Waals surface area contributed by atoms with E-state index in [0.717, 1.165) is 20.4 Å². The van der Waals surface area contributed by atoms with E-state index in [0.29, 0.717) is 16.3 Å². The van der Waals surface area contributed by atoms with Crippen LogP contribution in [0.4, 0.5) is 0 Å². The minimum atomic E-state index is -1.33. The van der Waals surface area contributed by atoms with Crippen LogP contribution in [0.25, 0.3) is 5.57 Å². The number of carbonyl (C=O) groups excluding carboxylic acids is 2. The number of carboxylic acids is 1. The van der Waals surface area contributed by atoms with Gasteiger partial charge in [-0.05, 0) is 48.8 Å². The van der Waals surface area contributed by atoms with Crippen LogP contribution >= 0.6 is 51.2 Å². The number of rotatable bonds is 6. The predicted molar refractivity (Wildman–Crippen MR) is 104 cm³/mol. The van der Waals surface area contributed by atoms with Crippen LogP contribution in [-0.4, -0.2) is 33.6 Å². The highest BCUT2D eigenvalue weighted by molar-refractivity contribution is 9.10. The first-order valence-electron chi connectivity index (χ1n) is 7.42. The molecule has 1 N–H and O–H groups in total. The molecule has 0 radical (unpaired) electrons. The standard InChI is InChI=1S/C16H13BrN2O4S3/c1-25-5-4-10(15(22)23)19-14(21)12(26-16(19)24)11-8-6-7(17)2-3-9(8)18-13(11)20/h2-3,6,10,21H,4-5H2,1H3,(H,22,23)/p-1. The Balaban J connectivity index is 2.22. The Bertz CT molecular complexity index is 1090. The smallest absolute Gasteiger partial charge is 0.279 e. The molecule has 6 nitrogen and oxygen atoms in total. The first kappa shape index (κ1) is 19.3. The molecule has 0 saturated carbocycles.